The van der Waals surface area contributed by atoms with Crippen LogP contribution in [0.2, 0.25) is 0 Å². The van der Waals surface area contributed by atoms with E-state index in [0.717, 1.165) is 6.07 Å². The summed E-state index contributed by atoms with van der Waals surface area (Å²) in [5.74, 6) is -0.0151. The van der Waals surface area contributed by atoms with E-state index >= 15 is 0 Å². The van der Waals surface area contributed by atoms with Crippen molar-refractivity contribution in [2.75, 3.05) is 5.75 Å². The van der Waals surface area contributed by atoms with Crippen molar-refractivity contribution < 1.29 is 16.8 Å². The van der Waals surface area contributed by atoms with Crippen molar-refractivity contribution in [3.63, 3.8) is 0 Å². The van der Waals surface area contributed by atoms with E-state index in [2.05, 4.69) is 0 Å². The Balaban J connectivity index is 3.29. The monoisotopic (exact) mass is 282 g/mol. The first kappa shape index (κ1) is 13.5. The van der Waals surface area contributed by atoms with Crippen molar-refractivity contribution in [3.8, 4) is 0 Å². The highest BCUT2D eigenvalue weighted by atomic mass is 35.7. The lowest BCUT2D eigenvalue weighted by Crippen LogP contribution is -2.06. The van der Waals surface area contributed by atoms with E-state index in [1.165, 1.54) is 18.2 Å². The first-order chi connectivity index (χ1) is 7.27. The molecule has 0 N–H and O–H groups in total. The van der Waals surface area contributed by atoms with Gasteiger partial charge in [0.05, 0.1) is 15.5 Å². The second-order valence-corrected chi connectivity index (χ2v) is 7.91. The molecule has 7 heteroatoms. The number of rotatable bonds is 4. The maximum absolute atomic E-state index is 11.7. The van der Waals surface area contributed by atoms with Gasteiger partial charge in [0, 0.05) is 10.7 Å². The fourth-order valence-corrected chi connectivity index (χ4v) is 3.44. The van der Waals surface area contributed by atoms with Crippen LogP contribution in [-0.4, -0.2) is 22.6 Å². The van der Waals surface area contributed by atoms with Gasteiger partial charge in [-0.2, -0.15) is 0 Å². The molecule has 1 aromatic rings. The molecule has 0 aromatic heterocycles. The summed E-state index contributed by atoms with van der Waals surface area (Å²) in [6.07, 6.45) is 0.472. The number of benzene rings is 1. The zero-order chi connectivity index (χ0) is 12.4. The average Bonchev–Trinajstić information content (AvgIpc) is 2.16. The Morgan fingerprint density at radius 1 is 1.12 bits per heavy atom. The van der Waals surface area contributed by atoms with Gasteiger partial charge in [-0.1, -0.05) is 13.0 Å². The van der Waals surface area contributed by atoms with Crippen molar-refractivity contribution in [3.05, 3.63) is 24.3 Å². The van der Waals surface area contributed by atoms with Crippen LogP contribution >= 0.6 is 10.7 Å². The molecule has 0 saturated heterocycles. The highest BCUT2D eigenvalue weighted by Crippen LogP contribution is 2.20. The summed E-state index contributed by atoms with van der Waals surface area (Å²) >= 11 is 0. The molecule has 1 rings (SSSR count). The van der Waals surface area contributed by atoms with E-state index in [-0.39, 0.29) is 15.5 Å². The molecule has 90 valence electrons. The minimum absolute atomic E-state index is 0.0151. The number of halogens is 1. The summed E-state index contributed by atoms with van der Waals surface area (Å²) in [6, 6.07) is 5.05. The molecular formula is C9H11ClO4S2. The van der Waals surface area contributed by atoms with Crippen molar-refractivity contribution in [2.24, 2.45) is 0 Å². The molecule has 0 radical (unpaired) electrons. The predicted octanol–water partition coefficient (Wildman–Crippen LogP) is 1.80. The Kier molecular flexibility index (Phi) is 3.98. The van der Waals surface area contributed by atoms with Gasteiger partial charge in [-0.05, 0) is 24.6 Å². The molecular weight excluding hydrogens is 272 g/mol. The summed E-state index contributed by atoms with van der Waals surface area (Å²) in [6.45, 7) is 1.74. The molecule has 0 saturated carbocycles. The van der Waals surface area contributed by atoms with E-state index in [0.29, 0.717) is 6.42 Å². The molecule has 0 heterocycles. The molecule has 0 aliphatic rings. The third kappa shape index (κ3) is 3.20. The van der Waals surface area contributed by atoms with Gasteiger partial charge >= 0.3 is 0 Å². The molecule has 0 atom stereocenters. The van der Waals surface area contributed by atoms with Crippen LogP contribution < -0.4 is 0 Å². The Labute approximate surface area is 99.6 Å². The van der Waals surface area contributed by atoms with Crippen LogP contribution in [0.3, 0.4) is 0 Å². The lowest BCUT2D eigenvalue weighted by Gasteiger charge is -2.03. The molecule has 1 aromatic carbocycles. The highest BCUT2D eigenvalue weighted by molar-refractivity contribution is 8.13. The van der Waals surface area contributed by atoms with E-state index < -0.39 is 18.9 Å². The molecule has 16 heavy (non-hydrogen) atoms. The summed E-state index contributed by atoms with van der Waals surface area (Å²) < 4.78 is 45.4. The summed E-state index contributed by atoms with van der Waals surface area (Å²) in [4.78, 5) is -0.220. The van der Waals surface area contributed by atoms with Gasteiger partial charge in [0.2, 0.25) is 0 Å². The Morgan fingerprint density at radius 2 is 1.69 bits per heavy atom. The number of hydrogen-bond donors (Lipinski definition) is 0. The van der Waals surface area contributed by atoms with Crippen LogP contribution in [0.15, 0.2) is 34.1 Å². The highest BCUT2D eigenvalue weighted by Gasteiger charge is 2.17. The molecule has 0 aliphatic heterocycles. The molecule has 0 aliphatic carbocycles. The van der Waals surface area contributed by atoms with Gasteiger partial charge in [0.1, 0.15) is 0 Å². The normalized spacial score (nSPS) is 12.6. The zero-order valence-electron chi connectivity index (χ0n) is 8.55. The summed E-state index contributed by atoms with van der Waals surface area (Å²) in [7, 11) is -2.17. The quantitative estimate of drug-likeness (QED) is 0.790. The van der Waals surface area contributed by atoms with Crippen LogP contribution in [0, 0.1) is 0 Å². The minimum atomic E-state index is -3.89. The predicted molar refractivity (Wildman–Crippen MR) is 61.8 cm³/mol. The zero-order valence-corrected chi connectivity index (χ0v) is 10.9. The summed E-state index contributed by atoms with van der Waals surface area (Å²) in [5.41, 5.74) is 0. The average molecular weight is 283 g/mol. The maximum Gasteiger partial charge on any atom is 0.261 e. The third-order valence-corrected chi connectivity index (χ3v) is 5.19. The smallest absolute Gasteiger partial charge is 0.224 e. The second-order valence-electron chi connectivity index (χ2n) is 3.23. The van der Waals surface area contributed by atoms with Gasteiger partial charge in [0.15, 0.2) is 9.84 Å². The van der Waals surface area contributed by atoms with Gasteiger partial charge in [-0.15, -0.1) is 0 Å². The van der Waals surface area contributed by atoms with E-state index in [1.807, 2.05) is 0 Å². The van der Waals surface area contributed by atoms with Gasteiger partial charge in [-0.3, -0.25) is 0 Å². The van der Waals surface area contributed by atoms with E-state index in [4.69, 9.17) is 10.7 Å². The minimum Gasteiger partial charge on any atom is -0.224 e. The first-order valence-corrected chi connectivity index (χ1v) is 8.51. The molecule has 0 spiro atoms. The van der Waals surface area contributed by atoms with Crippen LogP contribution in [0.1, 0.15) is 13.3 Å². The van der Waals surface area contributed by atoms with Gasteiger partial charge in [0.25, 0.3) is 9.05 Å². The third-order valence-electron chi connectivity index (χ3n) is 1.92. The largest absolute Gasteiger partial charge is 0.261 e. The van der Waals surface area contributed by atoms with Crippen molar-refractivity contribution in [1.82, 2.24) is 0 Å². The molecule has 0 amide bonds. The fraction of sp³-hybridized carbons (Fsp3) is 0.333. The number of hydrogen-bond acceptors (Lipinski definition) is 4. The first-order valence-electron chi connectivity index (χ1n) is 4.55. The Hall–Kier alpha value is -0.590. The maximum atomic E-state index is 11.7. The van der Waals surface area contributed by atoms with Crippen LogP contribution in [0.4, 0.5) is 0 Å². The van der Waals surface area contributed by atoms with Gasteiger partial charge < -0.3 is 0 Å². The number of sulfone groups is 1. The standard InChI is InChI=1S/C9H11ClO4S2/c1-2-6-15(11,12)8-4-3-5-9(7-8)16(10,13)14/h3-5,7H,2,6H2,1H3. The Bertz CT molecular complexity index is 575. The van der Waals surface area contributed by atoms with E-state index in [1.54, 1.807) is 6.92 Å². The lowest BCUT2D eigenvalue weighted by atomic mass is 10.4. The summed E-state index contributed by atoms with van der Waals surface area (Å²) in [5, 5.41) is 0. The van der Waals surface area contributed by atoms with Crippen LogP contribution in [-0.2, 0) is 18.9 Å². The van der Waals surface area contributed by atoms with Crippen LogP contribution in [0.25, 0.3) is 0 Å². The molecule has 0 fully saturated rings. The molecule has 4 nitrogen and oxygen atoms in total. The van der Waals surface area contributed by atoms with Crippen molar-refractivity contribution in [1.29, 1.82) is 0 Å². The molecule has 0 bridgehead atoms. The molecule has 0 unspecified atom stereocenters. The SMILES string of the molecule is CCCS(=O)(=O)c1cccc(S(=O)(=O)Cl)c1. The fourth-order valence-electron chi connectivity index (χ4n) is 1.21. The lowest BCUT2D eigenvalue weighted by molar-refractivity contribution is 0.594. The topological polar surface area (TPSA) is 68.3 Å². The van der Waals surface area contributed by atoms with Crippen LogP contribution in [0.5, 0.6) is 0 Å². The van der Waals surface area contributed by atoms with Crippen molar-refractivity contribution in [2.45, 2.75) is 23.1 Å². The van der Waals surface area contributed by atoms with E-state index in [9.17, 15) is 16.8 Å². The second kappa shape index (κ2) is 4.73. The van der Waals surface area contributed by atoms with Gasteiger partial charge in [-0.25, -0.2) is 16.8 Å². The van der Waals surface area contributed by atoms with Crippen molar-refractivity contribution >= 4 is 29.6 Å². The Morgan fingerprint density at radius 3 is 2.19 bits per heavy atom.